The van der Waals surface area contributed by atoms with Crippen LogP contribution in [-0.4, -0.2) is 49.2 Å². The van der Waals surface area contributed by atoms with Crippen LogP contribution in [0.25, 0.3) is 0 Å². The van der Waals surface area contributed by atoms with Gasteiger partial charge in [-0.05, 0) is 24.8 Å². The van der Waals surface area contributed by atoms with Gasteiger partial charge in [-0.2, -0.15) is 0 Å². The highest BCUT2D eigenvalue weighted by Crippen LogP contribution is 2.21. The zero-order chi connectivity index (χ0) is 14.8. The summed E-state index contributed by atoms with van der Waals surface area (Å²) in [5.74, 6) is 0.351. The molecule has 0 atom stereocenters. The maximum absolute atomic E-state index is 12.5. The molecule has 6 nitrogen and oxygen atoms in total. The van der Waals surface area contributed by atoms with E-state index in [0.717, 1.165) is 12.8 Å². The molecule has 1 aromatic heterocycles. The summed E-state index contributed by atoms with van der Waals surface area (Å²) in [6.07, 6.45) is 3.34. The number of ether oxygens (including phenoxy) is 1. The maximum Gasteiger partial charge on any atom is 0.244 e. The first-order valence-corrected chi connectivity index (χ1v) is 8.19. The second-order valence-corrected chi connectivity index (χ2v) is 7.32. The molecule has 2 heterocycles. The zero-order valence-corrected chi connectivity index (χ0v) is 12.8. The average molecular weight is 302 g/mol. The fraction of sp³-hybridized carbons (Fsp3) is 0.692. The average Bonchev–Trinajstić information content (AvgIpc) is 2.81. The molecule has 1 saturated heterocycles. The van der Waals surface area contributed by atoms with Crippen LogP contribution >= 0.6 is 0 Å². The molecule has 0 amide bonds. The Morgan fingerprint density at radius 3 is 2.65 bits per heavy atom. The number of sulfonamides is 1. The minimum atomic E-state index is -3.49. The topological polar surface area (TPSA) is 71.8 Å². The van der Waals surface area contributed by atoms with Gasteiger partial charge >= 0.3 is 0 Å². The number of hydrogen-bond acceptors (Lipinski definition) is 4. The molecule has 0 radical (unpaired) electrons. The van der Waals surface area contributed by atoms with Crippen molar-refractivity contribution in [1.29, 1.82) is 0 Å². The van der Waals surface area contributed by atoms with E-state index in [1.807, 2.05) is 0 Å². The summed E-state index contributed by atoms with van der Waals surface area (Å²) in [7, 11) is -0.157. The molecule has 0 aliphatic carbocycles. The van der Waals surface area contributed by atoms with Gasteiger partial charge < -0.3 is 14.4 Å². The zero-order valence-electron chi connectivity index (χ0n) is 11.9. The van der Waals surface area contributed by atoms with E-state index in [1.165, 1.54) is 10.4 Å². The quantitative estimate of drug-likeness (QED) is 0.863. The normalized spacial score (nSPS) is 17.8. The summed E-state index contributed by atoms with van der Waals surface area (Å²) in [4.78, 5) is 0.235. The van der Waals surface area contributed by atoms with Crippen molar-refractivity contribution in [3.8, 4) is 0 Å². The molecule has 1 aromatic rings. The van der Waals surface area contributed by atoms with Crippen LogP contribution in [0.2, 0.25) is 0 Å². The molecule has 0 bridgehead atoms. The number of nitrogens with zero attached hydrogens (tertiary/aromatic N) is 2. The molecule has 0 spiro atoms. The number of rotatable bonds is 5. The van der Waals surface area contributed by atoms with Gasteiger partial charge in [0, 0.05) is 45.7 Å². The van der Waals surface area contributed by atoms with Gasteiger partial charge in [0.2, 0.25) is 10.0 Å². The Morgan fingerprint density at radius 2 is 2.10 bits per heavy atom. The molecule has 2 rings (SSSR count). The fourth-order valence-electron chi connectivity index (χ4n) is 2.45. The number of aromatic nitrogens is 1. The van der Waals surface area contributed by atoms with Gasteiger partial charge in [-0.1, -0.05) is 0 Å². The standard InChI is InChI=1S/C13H22N2O4S/c1-14-9-13(7-12(14)10-16)20(17,18)15(2)8-11-3-5-19-6-4-11/h7,9,11,16H,3-6,8,10H2,1-2H3. The fourth-order valence-corrected chi connectivity index (χ4v) is 3.79. The van der Waals surface area contributed by atoms with E-state index < -0.39 is 10.0 Å². The Hall–Kier alpha value is -0.890. The van der Waals surface area contributed by atoms with Gasteiger partial charge in [-0.25, -0.2) is 12.7 Å². The number of aliphatic hydroxyl groups excluding tert-OH is 1. The highest BCUT2D eigenvalue weighted by atomic mass is 32.2. The van der Waals surface area contributed by atoms with Crippen molar-refractivity contribution in [2.24, 2.45) is 13.0 Å². The third-order valence-corrected chi connectivity index (χ3v) is 5.60. The van der Waals surface area contributed by atoms with Crippen LogP contribution in [-0.2, 0) is 28.4 Å². The molecule has 1 aliphatic rings. The van der Waals surface area contributed by atoms with Crippen molar-refractivity contribution in [1.82, 2.24) is 8.87 Å². The number of hydrogen-bond donors (Lipinski definition) is 1. The maximum atomic E-state index is 12.5. The lowest BCUT2D eigenvalue weighted by Gasteiger charge is -2.26. The predicted molar refractivity (Wildman–Crippen MR) is 74.7 cm³/mol. The molecule has 1 fully saturated rings. The van der Waals surface area contributed by atoms with E-state index in [4.69, 9.17) is 9.84 Å². The second-order valence-electron chi connectivity index (χ2n) is 5.28. The van der Waals surface area contributed by atoms with Gasteiger partial charge in [0.05, 0.1) is 6.61 Å². The first kappa shape index (κ1) is 15.5. The molecule has 0 aromatic carbocycles. The first-order valence-electron chi connectivity index (χ1n) is 6.75. The molecule has 0 saturated carbocycles. The van der Waals surface area contributed by atoms with E-state index in [9.17, 15) is 8.42 Å². The summed E-state index contributed by atoms with van der Waals surface area (Å²) >= 11 is 0. The van der Waals surface area contributed by atoms with Crippen LogP contribution < -0.4 is 0 Å². The van der Waals surface area contributed by atoms with Crippen molar-refractivity contribution in [3.05, 3.63) is 18.0 Å². The molecular weight excluding hydrogens is 280 g/mol. The lowest BCUT2D eigenvalue weighted by atomic mass is 10.0. The van der Waals surface area contributed by atoms with Gasteiger partial charge in [-0.3, -0.25) is 0 Å². The number of aryl methyl sites for hydroxylation is 1. The summed E-state index contributed by atoms with van der Waals surface area (Å²) < 4.78 is 33.3. The SMILES string of the molecule is CN(CC1CCOCC1)S(=O)(=O)c1cc(CO)n(C)c1. The van der Waals surface area contributed by atoms with E-state index >= 15 is 0 Å². The van der Waals surface area contributed by atoms with Gasteiger partial charge in [0.15, 0.2) is 0 Å². The minimum absolute atomic E-state index is 0.171. The van der Waals surface area contributed by atoms with Gasteiger partial charge in [0.25, 0.3) is 0 Å². The Balaban J connectivity index is 2.11. The van der Waals surface area contributed by atoms with Crippen molar-refractivity contribution in [2.75, 3.05) is 26.8 Å². The third-order valence-electron chi connectivity index (χ3n) is 3.81. The Labute approximate surface area is 120 Å². The Kier molecular flexibility index (Phi) is 4.85. The molecule has 114 valence electrons. The van der Waals surface area contributed by atoms with E-state index in [1.54, 1.807) is 24.9 Å². The van der Waals surface area contributed by atoms with Crippen molar-refractivity contribution in [2.45, 2.75) is 24.3 Å². The van der Waals surface area contributed by atoms with Gasteiger partial charge in [-0.15, -0.1) is 0 Å². The molecule has 20 heavy (non-hydrogen) atoms. The Bertz CT molecular complexity index is 547. The van der Waals surface area contributed by atoms with E-state index in [2.05, 4.69) is 0 Å². The van der Waals surface area contributed by atoms with E-state index in [0.29, 0.717) is 31.4 Å². The largest absolute Gasteiger partial charge is 0.390 e. The monoisotopic (exact) mass is 302 g/mol. The third kappa shape index (κ3) is 3.22. The predicted octanol–water partition coefficient (Wildman–Crippen LogP) is 0.564. The molecule has 1 N–H and O–H groups in total. The molecule has 7 heteroatoms. The van der Waals surface area contributed by atoms with Crippen LogP contribution in [0.15, 0.2) is 17.2 Å². The summed E-state index contributed by atoms with van der Waals surface area (Å²) in [6.45, 7) is 1.75. The number of aliphatic hydroxyl groups is 1. The highest BCUT2D eigenvalue weighted by Gasteiger charge is 2.26. The van der Waals surface area contributed by atoms with Crippen LogP contribution in [0.3, 0.4) is 0 Å². The smallest absolute Gasteiger partial charge is 0.244 e. The molecule has 0 unspecified atom stereocenters. The van der Waals surface area contributed by atoms with Crippen LogP contribution in [0.1, 0.15) is 18.5 Å². The minimum Gasteiger partial charge on any atom is -0.390 e. The lowest BCUT2D eigenvalue weighted by Crippen LogP contribution is -2.34. The second kappa shape index (κ2) is 6.26. The summed E-state index contributed by atoms with van der Waals surface area (Å²) in [5.41, 5.74) is 0.586. The first-order chi connectivity index (χ1) is 9.45. The lowest BCUT2D eigenvalue weighted by molar-refractivity contribution is 0.0620. The molecular formula is C13H22N2O4S. The van der Waals surface area contributed by atoms with Gasteiger partial charge in [0.1, 0.15) is 4.90 Å². The van der Waals surface area contributed by atoms with Crippen molar-refractivity contribution < 1.29 is 18.3 Å². The van der Waals surface area contributed by atoms with Crippen LogP contribution in [0.4, 0.5) is 0 Å². The van der Waals surface area contributed by atoms with E-state index in [-0.39, 0.29) is 11.5 Å². The summed E-state index contributed by atoms with van der Waals surface area (Å²) in [6, 6.07) is 1.52. The summed E-state index contributed by atoms with van der Waals surface area (Å²) in [5, 5.41) is 9.15. The highest BCUT2D eigenvalue weighted by molar-refractivity contribution is 7.89. The Morgan fingerprint density at radius 1 is 1.45 bits per heavy atom. The van der Waals surface area contributed by atoms with Crippen LogP contribution in [0.5, 0.6) is 0 Å². The van der Waals surface area contributed by atoms with Crippen LogP contribution in [0, 0.1) is 5.92 Å². The van der Waals surface area contributed by atoms with Crippen molar-refractivity contribution in [3.63, 3.8) is 0 Å². The van der Waals surface area contributed by atoms with Crippen molar-refractivity contribution >= 4 is 10.0 Å². The molecule has 1 aliphatic heterocycles.